The quantitative estimate of drug-likeness (QED) is 0.830. The van der Waals surface area contributed by atoms with Crippen molar-refractivity contribution in [2.45, 2.75) is 37.5 Å². The Hall–Kier alpha value is -2.76. The highest BCUT2D eigenvalue weighted by molar-refractivity contribution is 6.09. The number of methoxy groups -OCH3 is 1. The van der Waals surface area contributed by atoms with Crippen molar-refractivity contribution in [3.05, 3.63) is 46.9 Å². The molecule has 0 saturated heterocycles. The molecule has 4 rings (SSSR count). The summed E-state index contributed by atoms with van der Waals surface area (Å²) in [5, 5.41) is 5.46. The molecule has 2 N–H and O–H groups in total. The van der Waals surface area contributed by atoms with Crippen LogP contribution in [0.2, 0.25) is 0 Å². The van der Waals surface area contributed by atoms with E-state index in [1.54, 1.807) is 25.2 Å². The predicted molar refractivity (Wildman–Crippen MR) is 97.0 cm³/mol. The number of ether oxygens (including phenoxy) is 1. The molecule has 2 aliphatic rings. The molecule has 0 aliphatic heterocycles. The highest BCUT2D eigenvalue weighted by atomic mass is 16.5. The van der Waals surface area contributed by atoms with Gasteiger partial charge in [0.1, 0.15) is 17.3 Å². The molecule has 2 aliphatic carbocycles. The lowest BCUT2D eigenvalue weighted by atomic mass is 10.1. The van der Waals surface area contributed by atoms with Gasteiger partial charge in [-0.1, -0.05) is 0 Å². The van der Waals surface area contributed by atoms with Crippen molar-refractivity contribution in [1.29, 1.82) is 0 Å². The Morgan fingerprint density at radius 1 is 1.04 bits per heavy atom. The molecule has 6 nitrogen and oxygen atoms in total. The number of carbonyl (C=O) groups is 2. The first-order chi connectivity index (χ1) is 12.6. The van der Waals surface area contributed by atoms with Crippen molar-refractivity contribution in [2.75, 3.05) is 19.5 Å². The van der Waals surface area contributed by atoms with E-state index in [0.29, 0.717) is 34.4 Å². The molecule has 0 unspecified atom stereocenters. The van der Waals surface area contributed by atoms with Gasteiger partial charge in [-0.3, -0.25) is 9.59 Å². The second-order valence-corrected chi connectivity index (χ2v) is 6.92. The number of hydrogen-bond acceptors (Lipinski definition) is 4. The standard InChI is InChI=1S/C20H22N2O4/c1-21-19(23)14-9-13(25-2)7-8-16(14)22-20(24)15-10-17(11-3-4-11)26-18(15)12-5-6-12/h7-12H,3-6H2,1-2H3,(H,21,23)(H,22,24). The van der Waals surface area contributed by atoms with E-state index in [-0.39, 0.29) is 11.8 Å². The Bertz CT molecular complexity index is 863. The van der Waals surface area contributed by atoms with Crippen LogP contribution in [-0.4, -0.2) is 26.0 Å². The van der Waals surface area contributed by atoms with Gasteiger partial charge in [0.15, 0.2) is 0 Å². The third kappa shape index (κ3) is 3.19. The first-order valence-electron chi connectivity index (χ1n) is 8.95. The van der Waals surface area contributed by atoms with Crippen LogP contribution in [0.5, 0.6) is 5.75 Å². The van der Waals surface area contributed by atoms with Crippen LogP contribution >= 0.6 is 0 Å². The molecular formula is C20H22N2O4. The fraction of sp³-hybridized carbons (Fsp3) is 0.400. The zero-order chi connectivity index (χ0) is 18.3. The summed E-state index contributed by atoms with van der Waals surface area (Å²) >= 11 is 0. The van der Waals surface area contributed by atoms with Gasteiger partial charge in [-0.25, -0.2) is 0 Å². The zero-order valence-corrected chi connectivity index (χ0v) is 14.9. The van der Waals surface area contributed by atoms with Crippen LogP contribution in [0.4, 0.5) is 5.69 Å². The number of carbonyl (C=O) groups excluding carboxylic acids is 2. The summed E-state index contributed by atoms with van der Waals surface area (Å²) < 4.78 is 11.2. The number of benzene rings is 1. The first-order valence-corrected chi connectivity index (χ1v) is 8.95. The van der Waals surface area contributed by atoms with Crippen molar-refractivity contribution < 1.29 is 18.7 Å². The molecule has 0 radical (unpaired) electrons. The lowest BCUT2D eigenvalue weighted by Crippen LogP contribution is -2.21. The molecule has 0 spiro atoms. The second kappa shape index (κ2) is 6.52. The van der Waals surface area contributed by atoms with Gasteiger partial charge in [-0.05, 0) is 49.9 Å². The number of amides is 2. The Morgan fingerprint density at radius 2 is 1.77 bits per heavy atom. The Balaban J connectivity index is 1.63. The monoisotopic (exact) mass is 354 g/mol. The Morgan fingerprint density at radius 3 is 2.38 bits per heavy atom. The van der Waals surface area contributed by atoms with Crippen molar-refractivity contribution in [3.8, 4) is 5.75 Å². The minimum absolute atomic E-state index is 0.238. The molecule has 0 atom stereocenters. The van der Waals surface area contributed by atoms with Gasteiger partial charge in [0.05, 0.1) is 23.9 Å². The van der Waals surface area contributed by atoms with Crippen LogP contribution in [-0.2, 0) is 0 Å². The zero-order valence-electron chi connectivity index (χ0n) is 14.9. The predicted octanol–water partition coefficient (Wildman–Crippen LogP) is 3.65. The molecule has 26 heavy (non-hydrogen) atoms. The highest BCUT2D eigenvalue weighted by Gasteiger charge is 2.36. The largest absolute Gasteiger partial charge is 0.497 e. The van der Waals surface area contributed by atoms with E-state index in [4.69, 9.17) is 9.15 Å². The summed E-state index contributed by atoms with van der Waals surface area (Å²) in [5.74, 6) is 2.54. The van der Waals surface area contributed by atoms with E-state index >= 15 is 0 Å². The summed E-state index contributed by atoms with van der Waals surface area (Å²) in [5.41, 5.74) is 1.40. The molecule has 1 aromatic carbocycles. The molecule has 2 amide bonds. The van der Waals surface area contributed by atoms with Crippen molar-refractivity contribution in [3.63, 3.8) is 0 Å². The molecular weight excluding hydrogens is 332 g/mol. The van der Waals surface area contributed by atoms with Gasteiger partial charge in [0.2, 0.25) is 0 Å². The Kier molecular flexibility index (Phi) is 4.18. The third-order valence-electron chi connectivity index (χ3n) is 4.90. The first kappa shape index (κ1) is 16.7. The molecule has 1 aromatic heterocycles. The average Bonchev–Trinajstić information content (AvgIpc) is 3.59. The molecule has 136 valence electrons. The van der Waals surface area contributed by atoms with E-state index < -0.39 is 0 Å². The van der Waals surface area contributed by atoms with E-state index in [9.17, 15) is 9.59 Å². The average molecular weight is 354 g/mol. The van der Waals surface area contributed by atoms with Crippen LogP contribution in [0.1, 0.15) is 69.8 Å². The van der Waals surface area contributed by atoms with Crippen LogP contribution in [0.25, 0.3) is 0 Å². The molecule has 2 fully saturated rings. The maximum absolute atomic E-state index is 12.9. The fourth-order valence-corrected chi connectivity index (χ4v) is 3.09. The second-order valence-electron chi connectivity index (χ2n) is 6.92. The maximum Gasteiger partial charge on any atom is 0.259 e. The minimum Gasteiger partial charge on any atom is -0.497 e. The van der Waals surface area contributed by atoms with Gasteiger partial charge >= 0.3 is 0 Å². The van der Waals surface area contributed by atoms with Crippen molar-refractivity contribution in [2.24, 2.45) is 0 Å². The number of furan rings is 1. The highest BCUT2D eigenvalue weighted by Crippen LogP contribution is 2.47. The van der Waals surface area contributed by atoms with Crippen molar-refractivity contribution in [1.82, 2.24) is 5.32 Å². The summed E-state index contributed by atoms with van der Waals surface area (Å²) in [4.78, 5) is 25.1. The summed E-state index contributed by atoms with van der Waals surface area (Å²) in [7, 11) is 3.09. The molecule has 6 heteroatoms. The van der Waals surface area contributed by atoms with Gasteiger partial charge in [-0.2, -0.15) is 0 Å². The number of anilines is 1. The van der Waals surface area contributed by atoms with Crippen LogP contribution < -0.4 is 15.4 Å². The van der Waals surface area contributed by atoms with Gasteiger partial charge in [-0.15, -0.1) is 0 Å². The number of rotatable bonds is 6. The summed E-state index contributed by atoms with van der Waals surface area (Å²) in [6.07, 6.45) is 4.36. The summed E-state index contributed by atoms with van der Waals surface area (Å²) in [6, 6.07) is 6.89. The van der Waals surface area contributed by atoms with E-state index in [1.165, 1.54) is 7.11 Å². The molecule has 2 aromatic rings. The SMILES string of the molecule is CNC(=O)c1cc(OC)ccc1NC(=O)c1cc(C2CC2)oc1C1CC1. The third-order valence-corrected chi connectivity index (χ3v) is 4.90. The van der Waals surface area contributed by atoms with E-state index in [2.05, 4.69) is 10.6 Å². The minimum atomic E-state index is -0.285. The molecule has 0 bridgehead atoms. The lowest BCUT2D eigenvalue weighted by molar-refractivity contribution is 0.0963. The van der Waals surface area contributed by atoms with E-state index in [0.717, 1.165) is 37.2 Å². The lowest BCUT2D eigenvalue weighted by Gasteiger charge is -2.12. The Labute approximate surface area is 151 Å². The van der Waals surface area contributed by atoms with Gasteiger partial charge < -0.3 is 19.8 Å². The number of nitrogens with one attached hydrogen (secondary N) is 2. The molecule has 1 heterocycles. The van der Waals surface area contributed by atoms with E-state index in [1.807, 2.05) is 6.07 Å². The van der Waals surface area contributed by atoms with Crippen molar-refractivity contribution >= 4 is 17.5 Å². The van der Waals surface area contributed by atoms with Gasteiger partial charge in [0.25, 0.3) is 11.8 Å². The van der Waals surface area contributed by atoms with Gasteiger partial charge in [0, 0.05) is 18.9 Å². The van der Waals surface area contributed by atoms with Crippen LogP contribution in [0, 0.1) is 0 Å². The maximum atomic E-state index is 12.9. The number of hydrogen-bond donors (Lipinski definition) is 2. The smallest absolute Gasteiger partial charge is 0.259 e. The normalized spacial score (nSPS) is 16.2. The van der Waals surface area contributed by atoms with Crippen LogP contribution in [0.15, 0.2) is 28.7 Å². The summed E-state index contributed by atoms with van der Waals surface area (Å²) in [6.45, 7) is 0. The fourth-order valence-electron chi connectivity index (χ4n) is 3.09. The molecule has 2 saturated carbocycles. The topological polar surface area (TPSA) is 80.6 Å². The van der Waals surface area contributed by atoms with Crippen LogP contribution in [0.3, 0.4) is 0 Å².